The van der Waals surface area contributed by atoms with Crippen LogP contribution in [-0.2, 0) is 27.2 Å². The van der Waals surface area contributed by atoms with Crippen LogP contribution in [0, 0.1) is 0 Å². The highest BCUT2D eigenvalue weighted by Crippen LogP contribution is 2.30. The van der Waals surface area contributed by atoms with Crippen molar-refractivity contribution in [1.29, 1.82) is 0 Å². The Bertz CT molecular complexity index is 1190. The third-order valence-corrected chi connectivity index (χ3v) is 5.50. The molecule has 0 spiro atoms. The molecule has 7 heteroatoms. The highest BCUT2D eigenvalue weighted by Gasteiger charge is 2.26. The molecule has 164 valence electrons. The molecule has 2 aromatic carbocycles. The first kappa shape index (κ1) is 21.5. The van der Waals surface area contributed by atoms with Crippen molar-refractivity contribution in [3.8, 4) is 0 Å². The lowest BCUT2D eigenvalue weighted by Crippen LogP contribution is -2.30. The molecule has 0 saturated carbocycles. The van der Waals surface area contributed by atoms with Gasteiger partial charge in [0, 0.05) is 29.4 Å². The fraction of sp³-hybridized carbons (Fsp3) is 0.280. The van der Waals surface area contributed by atoms with Crippen LogP contribution in [0.25, 0.3) is 10.9 Å². The van der Waals surface area contributed by atoms with Gasteiger partial charge < -0.3 is 15.4 Å². The van der Waals surface area contributed by atoms with Crippen molar-refractivity contribution in [2.45, 2.75) is 45.6 Å². The Morgan fingerprint density at radius 2 is 1.59 bits per heavy atom. The van der Waals surface area contributed by atoms with E-state index in [1.807, 2.05) is 24.3 Å². The molecule has 0 saturated heterocycles. The summed E-state index contributed by atoms with van der Waals surface area (Å²) in [6.45, 7) is 2.98. The number of fused-ring (bicyclic) bond motifs is 2. The Labute approximate surface area is 186 Å². The Balaban J connectivity index is 1.51. The zero-order valence-electron chi connectivity index (χ0n) is 18.1. The van der Waals surface area contributed by atoms with Crippen molar-refractivity contribution in [1.82, 2.24) is 4.98 Å². The van der Waals surface area contributed by atoms with Crippen LogP contribution in [0.3, 0.4) is 0 Å². The number of amides is 2. The standard InChI is InChI=1S/C25H25N3O4/c1-15(24(30)27-18-13-11-17(12-14-18)26-16(2)29)32-25(31)23-19-7-3-5-9-21(19)28-22-10-6-4-8-20(22)23/h3,5,7,9,11-15H,4,6,8,10H2,1-2H3,(H,26,29)(H,27,30)/t15-/m0/s1. The number of pyridine rings is 1. The van der Waals surface area contributed by atoms with E-state index in [0.717, 1.165) is 47.8 Å². The average Bonchev–Trinajstić information content (AvgIpc) is 2.78. The topological polar surface area (TPSA) is 97.4 Å². The first-order valence-electron chi connectivity index (χ1n) is 10.7. The van der Waals surface area contributed by atoms with Gasteiger partial charge >= 0.3 is 5.97 Å². The highest BCUT2D eigenvalue weighted by molar-refractivity contribution is 6.06. The van der Waals surface area contributed by atoms with Gasteiger partial charge in [0.25, 0.3) is 5.91 Å². The summed E-state index contributed by atoms with van der Waals surface area (Å²) in [6.07, 6.45) is 2.68. The monoisotopic (exact) mass is 431 g/mol. The number of carbonyl (C=O) groups is 3. The van der Waals surface area contributed by atoms with Crippen LogP contribution in [0.5, 0.6) is 0 Å². The minimum Gasteiger partial charge on any atom is -0.449 e. The van der Waals surface area contributed by atoms with Crippen molar-refractivity contribution in [2.24, 2.45) is 0 Å². The van der Waals surface area contributed by atoms with E-state index in [0.29, 0.717) is 16.9 Å². The number of para-hydroxylation sites is 1. The molecule has 2 amide bonds. The minimum atomic E-state index is -0.983. The van der Waals surface area contributed by atoms with E-state index >= 15 is 0 Å². The quantitative estimate of drug-likeness (QED) is 0.589. The van der Waals surface area contributed by atoms with Crippen molar-refractivity contribution < 1.29 is 19.1 Å². The van der Waals surface area contributed by atoms with Gasteiger partial charge in [0.15, 0.2) is 6.10 Å². The van der Waals surface area contributed by atoms with Crippen LogP contribution in [0.4, 0.5) is 11.4 Å². The number of aromatic nitrogens is 1. The zero-order valence-corrected chi connectivity index (χ0v) is 18.1. The maximum Gasteiger partial charge on any atom is 0.339 e. The number of rotatable bonds is 5. The SMILES string of the molecule is CC(=O)Nc1ccc(NC(=O)[C@H](C)OC(=O)c2c3c(nc4ccccc24)CCCC3)cc1. The van der Waals surface area contributed by atoms with E-state index < -0.39 is 18.0 Å². The van der Waals surface area contributed by atoms with Gasteiger partial charge in [-0.15, -0.1) is 0 Å². The van der Waals surface area contributed by atoms with Crippen LogP contribution in [0.1, 0.15) is 48.3 Å². The summed E-state index contributed by atoms with van der Waals surface area (Å²) in [4.78, 5) is 41.7. The van der Waals surface area contributed by atoms with E-state index in [-0.39, 0.29) is 5.91 Å². The maximum atomic E-state index is 13.2. The number of hydrogen-bond acceptors (Lipinski definition) is 5. The van der Waals surface area contributed by atoms with Crippen LogP contribution < -0.4 is 10.6 Å². The number of carbonyl (C=O) groups excluding carboxylic acids is 3. The molecule has 3 aromatic rings. The fourth-order valence-electron chi connectivity index (χ4n) is 3.96. The molecule has 1 heterocycles. The molecule has 1 aliphatic carbocycles. The van der Waals surface area contributed by atoms with E-state index in [4.69, 9.17) is 9.72 Å². The summed E-state index contributed by atoms with van der Waals surface area (Å²) in [7, 11) is 0. The maximum absolute atomic E-state index is 13.2. The molecule has 1 atom stereocenters. The Kier molecular flexibility index (Phi) is 6.16. The molecule has 0 radical (unpaired) electrons. The van der Waals surface area contributed by atoms with E-state index in [1.165, 1.54) is 6.92 Å². The molecule has 32 heavy (non-hydrogen) atoms. The molecular formula is C25H25N3O4. The second-order valence-corrected chi connectivity index (χ2v) is 7.93. The lowest BCUT2D eigenvalue weighted by atomic mass is 9.90. The Hall–Kier alpha value is -3.74. The number of anilines is 2. The number of nitrogens with zero attached hydrogens (tertiary/aromatic N) is 1. The molecule has 0 bridgehead atoms. The number of hydrogen-bond donors (Lipinski definition) is 2. The number of nitrogens with one attached hydrogen (secondary N) is 2. The number of ether oxygens (including phenoxy) is 1. The third-order valence-electron chi connectivity index (χ3n) is 5.50. The molecule has 1 aliphatic rings. The number of esters is 1. The molecule has 0 aliphatic heterocycles. The summed E-state index contributed by atoms with van der Waals surface area (Å²) in [5.41, 5.74) is 4.32. The van der Waals surface area contributed by atoms with Crippen molar-refractivity contribution in [2.75, 3.05) is 10.6 Å². The highest BCUT2D eigenvalue weighted by atomic mass is 16.5. The van der Waals surface area contributed by atoms with Gasteiger partial charge in [-0.05, 0) is 68.5 Å². The van der Waals surface area contributed by atoms with Gasteiger partial charge in [0.1, 0.15) is 0 Å². The lowest BCUT2D eigenvalue weighted by molar-refractivity contribution is -0.123. The van der Waals surface area contributed by atoms with Gasteiger partial charge in [-0.2, -0.15) is 0 Å². The summed E-state index contributed by atoms with van der Waals surface area (Å²) >= 11 is 0. The minimum absolute atomic E-state index is 0.173. The summed E-state index contributed by atoms with van der Waals surface area (Å²) < 4.78 is 5.59. The lowest BCUT2D eigenvalue weighted by Gasteiger charge is -2.21. The first-order chi connectivity index (χ1) is 15.4. The van der Waals surface area contributed by atoms with Gasteiger partial charge in [0.2, 0.25) is 5.91 Å². The predicted molar refractivity (Wildman–Crippen MR) is 123 cm³/mol. The first-order valence-corrected chi connectivity index (χ1v) is 10.7. The third kappa shape index (κ3) is 4.61. The van der Waals surface area contributed by atoms with Gasteiger partial charge in [-0.1, -0.05) is 18.2 Å². The zero-order chi connectivity index (χ0) is 22.7. The van der Waals surface area contributed by atoms with Crippen LogP contribution in [0.2, 0.25) is 0 Å². The Morgan fingerprint density at radius 3 is 2.31 bits per heavy atom. The van der Waals surface area contributed by atoms with Crippen LogP contribution >= 0.6 is 0 Å². The average molecular weight is 431 g/mol. The van der Waals surface area contributed by atoms with Gasteiger partial charge in [-0.3, -0.25) is 14.6 Å². The van der Waals surface area contributed by atoms with Crippen molar-refractivity contribution in [3.05, 3.63) is 65.4 Å². The van der Waals surface area contributed by atoms with E-state index in [2.05, 4.69) is 10.6 Å². The summed E-state index contributed by atoms with van der Waals surface area (Å²) in [5.74, 6) is -1.11. The van der Waals surface area contributed by atoms with Crippen LogP contribution in [-0.4, -0.2) is 28.9 Å². The Morgan fingerprint density at radius 1 is 0.938 bits per heavy atom. The fourth-order valence-corrected chi connectivity index (χ4v) is 3.96. The molecule has 4 rings (SSSR count). The van der Waals surface area contributed by atoms with Crippen LogP contribution in [0.15, 0.2) is 48.5 Å². The molecule has 2 N–H and O–H groups in total. The number of benzene rings is 2. The normalized spacial score (nSPS) is 13.7. The van der Waals surface area contributed by atoms with Crippen molar-refractivity contribution in [3.63, 3.8) is 0 Å². The largest absolute Gasteiger partial charge is 0.449 e. The van der Waals surface area contributed by atoms with Gasteiger partial charge in [-0.25, -0.2) is 4.79 Å². The second-order valence-electron chi connectivity index (χ2n) is 7.93. The van der Waals surface area contributed by atoms with E-state index in [1.54, 1.807) is 31.2 Å². The molecule has 7 nitrogen and oxygen atoms in total. The van der Waals surface area contributed by atoms with Crippen molar-refractivity contribution >= 4 is 40.1 Å². The molecule has 1 aromatic heterocycles. The molecular weight excluding hydrogens is 406 g/mol. The van der Waals surface area contributed by atoms with E-state index in [9.17, 15) is 14.4 Å². The molecule has 0 fully saturated rings. The molecule has 0 unspecified atom stereocenters. The predicted octanol–water partition coefficient (Wildman–Crippen LogP) is 4.26. The smallest absolute Gasteiger partial charge is 0.339 e. The number of aryl methyl sites for hydroxylation is 1. The summed E-state index contributed by atoms with van der Waals surface area (Å²) in [5, 5.41) is 6.15. The second kappa shape index (κ2) is 9.18. The van der Waals surface area contributed by atoms with Gasteiger partial charge in [0.05, 0.1) is 11.1 Å². The summed E-state index contributed by atoms with van der Waals surface area (Å²) in [6, 6.07) is 14.2.